The van der Waals surface area contributed by atoms with Gasteiger partial charge in [-0.25, -0.2) is 0 Å². The molecule has 0 amide bonds. The minimum Gasteiger partial charge on any atom is -0.320 e. The summed E-state index contributed by atoms with van der Waals surface area (Å²) in [7, 11) is 2.50. The first-order valence-corrected chi connectivity index (χ1v) is 10.2. The zero-order chi connectivity index (χ0) is 15.0. The van der Waals surface area contributed by atoms with E-state index in [9.17, 15) is 0 Å². The van der Waals surface area contributed by atoms with E-state index in [1.807, 2.05) is 22.7 Å². The van der Waals surface area contributed by atoms with E-state index in [0.29, 0.717) is 0 Å². The molecule has 22 heavy (non-hydrogen) atoms. The van der Waals surface area contributed by atoms with E-state index < -0.39 is 0 Å². The highest BCUT2D eigenvalue weighted by Crippen LogP contribution is 2.41. The van der Waals surface area contributed by atoms with Crippen LogP contribution in [0.4, 0.5) is 0 Å². The van der Waals surface area contributed by atoms with Crippen LogP contribution in [0.25, 0.3) is 5.57 Å². The topological polar surface area (TPSA) is 0 Å². The molecule has 1 nitrogen and oxygen atoms in total. The fourth-order valence-corrected chi connectivity index (χ4v) is 6.11. The standard InChI is InChI=1S/C19H24NS2/c1-20-11-3-2-6-16(20)10-9-15(14-20)19(17-7-4-12-21-17)18-8-5-13-22-18/h4-5,7-8,12-13,16H,2-3,6,9-11,14H2,1H3/q+1/t16-,20?/m1/s1. The average molecular weight is 331 g/mol. The van der Waals surface area contributed by atoms with Crippen LogP contribution in [0.3, 0.4) is 0 Å². The zero-order valence-corrected chi connectivity index (χ0v) is 14.9. The number of likely N-dealkylation sites (N-methyl/N-ethyl adjacent to an activating group) is 1. The molecule has 116 valence electrons. The Balaban J connectivity index is 1.76. The molecule has 2 aromatic heterocycles. The van der Waals surface area contributed by atoms with Gasteiger partial charge >= 0.3 is 0 Å². The molecule has 4 heterocycles. The minimum absolute atomic E-state index is 0.908. The fraction of sp³-hybridized carbons (Fsp3) is 0.474. The van der Waals surface area contributed by atoms with E-state index in [1.165, 1.54) is 59.4 Å². The number of rotatable bonds is 2. The van der Waals surface area contributed by atoms with Crippen molar-refractivity contribution in [1.82, 2.24) is 0 Å². The van der Waals surface area contributed by atoms with Crippen LogP contribution in [0.15, 0.2) is 40.6 Å². The Labute approximate surface area is 141 Å². The van der Waals surface area contributed by atoms with Gasteiger partial charge in [0.2, 0.25) is 0 Å². The van der Waals surface area contributed by atoms with E-state index in [0.717, 1.165) is 6.04 Å². The third-order valence-electron chi connectivity index (χ3n) is 5.56. The van der Waals surface area contributed by atoms with Crippen LogP contribution in [0.5, 0.6) is 0 Å². The highest BCUT2D eigenvalue weighted by molar-refractivity contribution is 7.13. The molecule has 2 aromatic rings. The van der Waals surface area contributed by atoms with Gasteiger partial charge in [-0.05, 0) is 54.1 Å². The van der Waals surface area contributed by atoms with Gasteiger partial charge in [0.15, 0.2) is 0 Å². The second-order valence-corrected chi connectivity index (χ2v) is 8.88. The van der Waals surface area contributed by atoms with E-state index in [-0.39, 0.29) is 0 Å². The Hall–Kier alpha value is -0.900. The predicted molar refractivity (Wildman–Crippen MR) is 97.5 cm³/mol. The number of nitrogens with zero attached hydrogens (tertiary/aromatic N) is 1. The number of quaternary nitrogens is 1. The monoisotopic (exact) mass is 330 g/mol. The van der Waals surface area contributed by atoms with Gasteiger partial charge in [-0.1, -0.05) is 12.1 Å². The molecule has 0 aliphatic carbocycles. The van der Waals surface area contributed by atoms with Gasteiger partial charge in [0, 0.05) is 21.7 Å². The van der Waals surface area contributed by atoms with Crippen molar-refractivity contribution in [2.45, 2.75) is 38.1 Å². The van der Waals surface area contributed by atoms with E-state index >= 15 is 0 Å². The lowest BCUT2D eigenvalue weighted by Crippen LogP contribution is -2.58. The van der Waals surface area contributed by atoms with Gasteiger partial charge in [-0.2, -0.15) is 0 Å². The Bertz CT molecular complexity index is 617. The SMILES string of the molecule is C[N+]12CCCC[C@@H]1CCC(=C(c1cccs1)c1cccs1)C2. The van der Waals surface area contributed by atoms with E-state index in [1.54, 1.807) is 11.1 Å². The van der Waals surface area contributed by atoms with Crippen molar-refractivity contribution in [3.05, 3.63) is 50.4 Å². The Morgan fingerprint density at radius 1 is 1.05 bits per heavy atom. The molecule has 0 saturated carbocycles. The third kappa shape index (κ3) is 2.60. The first-order chi connectivity index (χ1) is 10.8. The summed E-state index contributed by atoms with van der Waals surface area (Å²) in [5.41, 5.74) is 3.25. The lowest BCUT2D eigenvalue weighted by molar-refractivity contribution is -0.937. The van der Waals surface area contributed by atoms with Gasteiger partial charge < -0.3 is 4.48 Å². The second kappa shape index (κ2) is 5.95. The average Bonchev–Trinajstić information content (AvgIpc) is 3.20. The number of hydrogen-bond acceptors (Lipinski definition) is 2. The molecule has 0 radical (unpaired) electrons. The summed E-state index contributed by atoms with van der Waals surface area (Å²) < 4.78 is 1.29. The molecule has 1 unspecified atom stereocenters. The summed E-state index contributed by atoms with van der Waals surface area (Å²) in [4.78, 5) is 2.92. The number of fused-ring (bicyclic) bond motifs is 1. The zero-order valence-electron chi connectivity index (χ0n) is 13.3. The Morgan fingerprint density at radius 2 is 1.77 bits per heavy atom. The van der Waals surface area contributed by atoms with Crippen molar-refractivity contribution in [3.8, 4) is 0 Å². The number of thiophene rings is 2. The van der Waals surface area contributed by atoms with Crippen molar-refractivity contribution < 1.29 is 4.48 Å². The van der Waals surface area contributed by atoms with Crippen molar-refractivity contribution in [2.24, 2.45) is 0 Å². The van der Waals surface area contributed by atoms with Crippen molar-refractivity contribution in [3.63, 3.8) is 0 Å². The lowest BCUT2D eigenvalue weighted by Gasteiger charge is -2.48. The van der Waals surface area contributed by atoms with Crippen LogP contribution >= 0.6 is 22.7 Å². The molecule has 2 saturated heterocycles. The lowest BCUT2D eigenvalue weighted by atomic mass is 9.85. The molecule has 3 heteroatoms. The molecule has 4 rings (SSSR count). The molecule has 2 fully saturated rings. The maximum absolute atomic E-state index is 2.50. The van der Waals surface area contributed by atoms with Crippen LogP contribution < -0.4 is 0 Å². The summed E-state index contributed by atoms with van der Waals surface area (Å²) in [6, 6.07) is 9.89. The molecule has 2 aliphatic rings. The quantitative estimate of drug-likeness (QED) is 0.646. The van der Waals surface area contributed by atoms with E-state index in [4.69, 9.17) is 0 Å². The largest absolute Gasteiger partial charge is 0.320 e. The highest BCUT2D eigenvalue weighted by atomic mass is 32.1. The van der Waals surface area contributed by atoms with Crippen molar-refractivity contribution in [1.29, 1.82) is 0 Å². The second-order valence-electron chi connectivity index (χ2n) is 6.98. The summed E-state index contributed by atoms with van der Waals surface area (Å²) in [5, 5.41) is 4.43. The molecule has 0 spiro atoms. The molecule has 2 aliphatic heterocycles. The number of hydrogen-bond donors (Lipinski definition) is 0. The molecule has 0 aromatic carbocycles. The Morgan fingerprint density at radius 3 is 2.41 bits per heavy atom. The van der Waals surface area contributed by atoms with E-state index in [2.05, 4.69) is 42.1 Å². The third-order valence-corrected chi connectivity index (χ3v) is 7.33. The first-order valence-electron chi connectivity index (χ1n) is 8.40. The molecular weight excluding hydrogens is 306 g/mol. The van der Waals surface area contributed by atoms with Gasteiger partial charge in [-0.3, -0.25) is 0 Å². The maximum Gasteiger partial charge on any atom is 0.101 e. The normalized spacial score (nSPS) is 28.4. The van der Waals surface area contributed by atoms with Gasteiger partial charge in [0.05, 0.1) is 19.6 Å². The van der Waals surface area contributed by atoms with Crippen LogP contribution in [-0.2, 0) is 0 Å². The summed E-state index contributed by atoms with van der Waals surface area (Å²) in [6.07, 6.45) is 6.97. The Kier molecular flexibility index (Phi) is 3.97. The first kappa shape index (κ1) is 14.7. The fourth-order valence-electron chi connectivity index (χ4n) is 4.38. The van der Waals surface area contributed by atoms with Gasteiger partial charge in [0.1, 0.15) is 6.54 Å². The molecule has 0 N–H and O–H groups in total. The summed E-state index contributed by atoms with van der Waals surface area (Å²) in [6.45, 7) is 2.63. The van der Waals surface area contributed by atoms with Gasteiger partial charge in [-0.15, -0.1) is 22.7 Å². The summed E-state index contributed by atoms with van der Waals surface area (Å²) in [5.74, 6) is 0. The number of piperidine rings is 2. The van der Waals surface area contributed by atoms with Crippen LogP contribution in [0.2, 0.25) is 0 Å². The van der Waals surface area contributed by atoms with Crippen molar-refractivity contribution in [2.75, 3.05) is 20.1 Å². The summed E-state index contributed by atoms with van der Waals surface area (Å²) >= 11 is 3.79. The highest BCUT2D eigenvalue weighted by Gasteiger charge is 2.40. The molecule has 2 atom stereocenters. The van der Waals surface area contributed by atoms with Crippen LogP contribution in [-0.4, -0.2) is 30.7 Å². The van der Waals surface area contributed by atoms with Gasteiger partial charge in [0.25, 0.3) is 0 Å². The van der Waals surface area contributed by atoms with Crippen LogP contribution in [0, 0.1) is 0 Å². The van der Waals surface area contributed by atoms with Crippen molar-refractivity contribution >= 4 is 28.2 Å². The molecular formula is C19H24NS2+. The predicted octanol–water partition coefficient (Wildman–Crippen LogP) is 5.40. The maximum atomic E-state index is 2.50. The smallest absolute Gasteiger partial charge is 0.101 e. The minimum atomic E-state index is 0.908. The molecule has 0 bridgehead atoms. The van der Waals surface area contributed by atoms with Crippen LogP contribution in [0.1, 0.15) is 41.9 Å².